The first-order chi connectivity index (χ1) is 14.3. The first kappa shape index (κ1) is 20.3. The topological polar surface area (TPSA) is 76.1 Å². The van der Waals surface area contributed by atoms with Crippen LogP contribution in [0.4, 0.5) is 5.95 Å². The Bertz CT molecular complexity index is 916. The fraction of sp³-hybridized carbons (Fsp3) is 0.261. The van der Waals surface area contributed by atoms with E-state index in [9.17, 15) is 4.79 Å². The van der Waals surface area contributed by atoms with Crippen molar-refractivity contribution in [2.75, 3.05) is 25.5 Å². The van der Waals surface area contributed by atoms with Crippen LogP contribution < -0.4 is 15.4 Å². The number of hydrogen-bond donors (Lipinski definition) is 2. The molecule has 0 aliphatic heterocycles. The fourth-order valence-electron chi connectivity index (χ4n) is 3.02. The number of methoxy groups -OCH3 is 1. The molecular weight excluding hydrogens is 364 g/mol. The third-order valence-corrected chi connectivity index (χ3v) is 4.53. The van der Waals surface area contributed by atoms with Crippen LogP contribution in [0.2, 0.25) is 0 Å². The zero-order valence-electron chi connectivity index (χ0n) is 16.6. The molecule has 6 nitrogen and oxygen atoms in total. The van der Waals surface area contributed by atoms with E-state index < -0.39 is 0 Å². The van der Waals surface area contributed by atoms with Gasteiger partial charge in [-0.3, -0.25) is 4.79 Å². The number of benzene rings is 2. The van der Waals surface area contributed by atoms with Crippen molar-refractivity contribution in [1.29, 1.82) is 0 Å². The van der Waals surface area contributed by atoms with E-state index in [1.807, 2.05) is 42.5 Å². The Morgan fingerprint density at radius 2 is 1.76 bits per heavy atom. The van der Waals surface area contributed by atoms with Gasteiger partial charge in [-0.1, -0.05) is 48.5 Å². The predicted octanol–water partition coefficient (Wildman–Crippen LogP) is 3.50. The van der Waals surface area contributed by atoms with Crippen molar-refractivity contribution in [2.45, 2.75) is 19.3 Å². The van der Waals surface area contributed by atoms with Crippen LogP contribution in [0.25, 0.3) is 0 Å². The standard InChI is InChI=1S/C23H26N4O2/c1-29-21-12-6-5-11-19(21)13-16-24-22(28)20-14-17-26-23(27-20)25-15-7-10-18-8-3-2-4-9-18/h2-6,8-9,11-12,14,17H,7,10,13,15-16H2,1H3,(H,24,28)(H,25,26,27). The Morgan fingerprint density at radius 1 is 0.966 bits per heavy atom. The quantitative estimate of drug-likeness (QED) is 0.518. The Kier molecular flexibility index (Phi) is 7.57. The number of carbonyl (C=O) groups is 1. The molecule has 1 heterocycles. The van der Waals surface area contributed by atoms with Gasteiger partial charge in [0, 0.05) is 19.3 Å². The van der Waals surface area contributed by atoms with Gasteiger partial charge in [0.25, 0.3) is 5.91 Å². The first-order valence-electron chi connectivity index (χ1n) is 9.77. The van der Waals surface area contributed by atoms with E-state index in [1.165, 1.54) is 5.56 Å². The monoisotopic (exact) mass is 390 g/mol. The molecule has 0 bridgehead atoms. The molecule has 1 aromatic heterocycles. The van der Waals surface area contributed by atoms with Gasteiger partial charge >= 0.3 is 0 Å². The molecule has 0 unspecified atom stereocenters. The molecule has 0 radical (unpaired) electrons. The van der Waals surface area contributed by atoms with Crippen molar-refractivity contribution in [1.82, 2.24) is 15.3 Å². The third-order valence-electron chi connectivity index (χ3n) is 4.53. The second kappa shape index (κ2) is 10.8. The van der Waals surface area contributed by atoms with Crippen molar-refractivity contribution in [3.05, 3.63) is 83.7 Å². The number of ether oxygens (including phenoxy) is 1. The molecule has 0 saturated carbocycles. The summed E-state index contributed by atoms with van der Waals surface area (Å²) in [5.41, 5.74) is 2.71. The average Bonchev–Trinajstić information content (AvgIpc) is 2.78. The smallest absolute Gasteiger partial charge is 0.270 e. The number of nitrogens with zero attached hydrogens (tertiary/aromatic N) is 2. The van der Waals surface area contributed by atoms with Gasteiger partial charge in [0.1, 0.15) is 11.4 Å². The van der Waals surface area contributed by atoms with Gasteiger partial charge in [0.15, 0.2) is 0 Å². The maximum Gasteiger partial charge on any atom is 0.270 e. The fourth-order valence-corrected chi connectivity index (χ4v) is 3.02. The molecule has 2 N–H and O–H groups in total. The Morgan fingerprint density at radius 3 is 2.59 bits per heavy atom. The summed E-state index contributed by atoms with van der Waals surface area (Å²) in [5.74, 6) is 1.08. The van der Waals surface area contributed by atoms with E-state index in [1.54, 1.807) is 19.4 Å². The average molecular weight is 390 g/mol. The largest absolute Gasteiger partial charge is 0.496 e. The Hall–Kier alpha value is -3.41. The van der Waals surface area contributed by atoms with Crippen LogP contribution in [-0.4, -0.2) is 36.1 Å². The van der Waals surface area contributed by atoms with Gasteiger partial charge < -0.3 is 15.4 Å². The molecule has 150 valence electrons. The maximum atomic E-state index is 12.4. The normalized spacial score (nSPS) is 10.4. The molecule has 6 heteroatoms. The number of hydrogen-bond acceptors (Lipinski definition) is 5. The lowest BCUT2D eigenvalue weighted by Gasteiger charge is -2.09. The summed E-state index contributed by atoms with van der Waals surface area (Å²) in [6.07, 6.45) is 4.23. The summed E-state index contributed by atoms with van der Waals surface area (Å²) >= 11 is 0. The number of aromatic nitrogens is 2. The molecule has 0 spiro atoms. The van der Waals surface area contributed by atoms with Crippen LogP contribution in [0, 0.1) is 0 Å². The van der Waals surface area contributed by atoms with Crippen LogP contribution in [-0.2, 0) is 12.8 Å². The van der Waals surface area contributed by atoms with Crippen LogP contribution >= 0.6 is 0 Å². The summed E-state index contributed by atoms with van der Waals surface area (Å²) in [5, 5.41) is 6.09. The van der Waals surface area contributed by atoms with Gasteiger partial charge in [0.05, 0.1) is 7.11 Å². The van der Waals surface area contributed by atoms with Gasteiger partial charge in [0.2, 0.25) is 5.95 Å². The van der Waals surface area contributed by atoms with E-state index in [2.05, 4.69) is 32.7 Å². The summed E-state index contributed by atoms with van der Waals surface area (Å²) < 4.78 is 5.34. The van der Waals surface area contributed by atoms with E-state index in [0.717, 1.165) is 30.7 Å². The summed E-state index contributed by atoms with van der Waals surface area (Å²) in [7, 11) is 1.65. The second-order valence-electron chi connectivity index (χ2n) is 6.60. The highest BCUT2D eigenvalue weighted by atomic mass is 16.5. The molecule has 29 heavy (non-hydrogen) atoms. The lowest BCUT2D eigenvalue weighted by molar-refractivity contribution is 0.0949. The van der Waals surface area contributed by atoms with Crippen LogP contribution in [0.1, 0.15) is 28.0 Å². The molecule has 0 fully saturated rings. The van der Waals surface area contributed by atoms with Crippen molar-refractivity contribution >= 4 is 11.9 Å². The van der Waals surface area contributed by atoms with Crippen LogP contribution in [0.5, 0.6) is 5.75 Å². The van der Waals surface area contributed by atoms with Gasteiger partial charge in [-0.2, -0.15) is 0 Å². The minimum atomic E-state index is -0.213. The minimum Gasteiger partial charge on any atom is -0.496 e. The molecule has 0 aliphatic rings. The second-order valence-corrected chi connectivity index (χ2v) is 6.60. The molecule has 2 aromatic carbocycles. The Balaban J connectivity index is 1.45. The highest BCUT2D eigenvalue weighted by molar-refractivity contribution is 5.92. The maximum absolute atomic E-state index is 12.4. The van der Waals surface area contributed by atoms with Crippen LogP contribution in [0.15, 0.2) is 66.9 Å². The highest BCUT2D eigenvalue weighted by Gasteiger charge is 2.09. The predicted molar refractivity (Wildman–Crippen MR) is 114 cm³/mol. The minimum absolute atomic E-state index is 0.213. The number of rotatable bonds is 10. The molecular formula is C23H26N4O2. The van der Waals surface area contributed by atoms with Gasteiger partial charge in [-0.05, 0) is 42.5 Å². The van der Waals surface area contributed by atoms with Crippen molar-refractivity contribution in [2.24, 2.45) is 0 Å². The summed E-state index contributed by atoms with van der Waals surface area (Å²) in [6, 6.07) is 19.7. The zero-order valence-corrected chi connectivity index (χ0v) is 16.6. The lowest BCUT2D eigenvalue weighted by Crippen LogP contribution is -2.27. The molecule has 0 saturated heterocycles. The van der Waals surface area contributed by atoms with Crippen LogP contribution in [0.3, 0.4) is 0 Å². The third kappa shape index (κ3) is 6.31. The summed E-state index contributed by atoms with van der Waals surface area (Å²) in [6.45, 7) is 1.25. The number of para-hydroxylation sites is 1. The van der Waals surface area contributed by atoms with E-state index in [4.69, 9.17) is 4.74 Å². The van der Waals surface area contributed by atoms with Gasteiger partial charge in [-0.25, -0.2) is 9.97 Å². The highest BCUT2D eigenvalue weighted by Crippen LogP contribution is 2.17. The van der Waals surface area contributed by atoms with Gasteiger partial charge in [-0.15, -0.1) is 0 Å². The van der Waals surface area contributed by atoms with Crippen molar-refractivity contribution in [3.63, 3.8) is 0 Å². The molecule has 3 rings (SSSR count). The molecule has 0 aliphatic carbocycles. The SMILES string of the molecule is COc1ccccc1CCNC(=O)c1ccnc(NCCCc2ccccc2)n1. The summed E-state index contributed by atoms with van der Waals surface area (Å²) in [4.78, 5) is 20.9. The zero-order chi connectivity index (χ0) is 20.3. The van der Waals surface area contributed by atoms with E-state index in [-0.39, 0.29) is 5.91 Å². The van der Waals surface area contributed by atoms with Crippen molar-refractivity contribution in [3.8, 4) is 5.75 Å². The number of anilines is 1. The molecule has 3 aromatic rings. The molecule has 0 atom stereocenters. The van der Waals surface area contributed by atoms with E-state index in [0.29, 0.717) is 24.6 Å². The number of aryl methyl sites for hydroxylation is 1. The number of amides is 1. The number of carbonyl (C=O) groups excluding carboxylic acids is 1. The molecule has 1 amide bonds. The van der Waals surface area contributed by atoms with Crippen molar-refractivity contribution < 1.29 is 9.53 Å². The lowest BCUT2D eigenvalue weighted by atomic mass is 10.1. The Labute approximate surface area is 171 Å². The number of nitrogens with one attached hydrogen (secondary N) is 2. The first-order valence-corrected chi connectivity index (χ1v) is 9.77. The van der Waals surface area contributed by atoms with E-state index >= 15 is 0 Å².